The highest BCUT2D eigenvalue weighted by Gasteiger charge is 2.17. The minimum absolute atomic E-state index is 0.648. The number of nitrogens with zero attached hydrogens (tertiary/aromatic N) is 1. The van der Waals surface area contributed by atoms with Crippen LogP contribution in [-0.4, -0.2) is 11.4 Å². The summed E-state index contributed by atoms with van der Waals surface area (Å²) in [6, 6.07) is 10.6. The van der Waals surface area contributed by atoms with Crippen molar-refractivity contribution in [2.75, 3.05) is 6.26 Å². The van der Waals surface area contributed by atoms with Crippen molar-refractivity contribution in [3.8, 4) is 0 Å². The standard InChI is InChI=1S/C20H20ClNS/c1-23-19-14-12-17-11-9-16(10-13-18(17)20(21)22-19)8-7-15-5-3-2-4-6-15/h2-6,8,12H,7,9-11,13H2,1H3/b16-8-. The third-order valence-electron chi connectivity index (χ3n) is 4.28. The monoisotopic (exact) mass is 341 g/mol. The molecule has 1 nitrogen and oxygen atoms in total. The molecule has 1 aliphatic carbocycles. The zero-order valence-corrected chi connectivity index (χ0v) is 14.9. The summed E-state index contributed by atoms with van der Waals surface area (Å²) in [6.07, 6.45) is 11.6. The van der Waals surface area contributed by atoms with Gasteiger partial charge in [0.05, 0.1) is 0 Å². The van der Waals surface area contributed by atoms with Crippen LogP contribution in [0.3, 0.4) is 0 Å². The molecule has 0 spiro atoms. The van der Waals surface area contributed by atoms with E-state index in [4.69, 9.17) is 11.6 Å². The average Bonchev–Trinajstić information content (AvgIpc) is 2.87. The van der Waals surface area contributed by atoms with Crippen LogP contribution >= 0.6 is 23.4 Å². The number of aliphatic imine (C=N–C) groups is 1. The molecule has 3 heteroatoms. The Balaban J connectivity index is 1.73. The topological polar surface area (TPSA) is 12.4 Å². The predicted octanol–water partition coefficient (Wildman–Crippen LogP) is 6.04. The molecule has 0 amide bonds. The van der Waals surface area contributed by atoms with Gasteiger partial charge in [-0.3, -0.25) is 0 Å². The molecule has 0 atom stereocenters. The van der Waals surface area contributed by atoms with E-state index in [0.29, 0.717) is 5.17 Å². The van der Waals surface area contributed by atoms with E-state index in [1.54, 1.807) is 11.8 Å². The fraction of sp³-hybridized carbons (Fsp3) is 0.300. The van der Waals surface area contributed by atoms with E-state index in [1.807, 2.05) is 6.26 Å². The summed E-state index contributed by atoms with van der Waals surface area (Å²) in [5.41, 5.74) is 8.65. The van der Waals surface area contributed by atoms with Gasteiger partial charge in [0.15, 0.2) is 0 Å². The second-order valence-electron chi connectivity index (χ2n) is 5.76. The molecule has 0 unspecified atom stereocenters. The molecular weight excluding hydrogens is 322 g/mol. The first kappa shape index (κ1) is 16.4. The van der Waals surface area contributed by atoms with Crippen LogP contribution in [0.1, 0.15) is 31.2 Å². The molecule has 0 saturated heterocycles. The highest BCUT2D eigenvalue weighted by atomic mass is 35.5. The van der Waals surface area contributed by atoms with Gasteiger partial charge in [-0.25, -0.2) is 4.99 Å². The van der Waals surface area contributed by atoms with Crippen LogP contribution in [0, 0.1) is 0 Å². The van der Waals surface area contributed by atoms with Crippen molar-refractivity contribution in [3.63, 3.8) is 0 Å². The molecule has 3 rings (SSSR count). The number of allylic oxidation sites excluding steroid dienone is 5. The summed E-state index contributed by atoms with van der Waals surface area (Å²) in [5, 5.41) is 1.51. The van der Waals surface area contributed by atoms with Gasteiger partial charge in [-0.2, -0.15) is 0 Å². The Hall–Kier alpha value is -1.47. The molecule has 1 aromatic rings. The number of hydrogen-bond acceptors (Lipinski definition) is 2. The van der Waals surface area contributed by atoms with E-state index < -0.39 is 0 Å². The van der Waals surface area contributed by atoms with Crippen LogP contribution in [0.25, 0.3) is 0 Å². The SMILES string of the molecule is CSC1=C=CC2=C(CC/C(=C\Cc3ccccc3)CC2)C(Cl)=N1. The summed E-state index contributed by atoms with van der Waals surface area (Å²) < 4.78 is 0. The molecular formula is C20H20ClNS. The highest BCUT2D eigenvalue weighted by molar-refractivity contribution is 8.02. The van der Waals surface area contributed by atoms with E-state index in [9.17, 15) is 0 Å². The molecule has 1 aromatic carbocycles. The molecule has 0 saturated carbocycles. The normalized spacial score (nSPS) is 19.8. The Morgan fingerprint density at radius 1 is 1.17 bits per heavy atom. The highest BCUT2D eigenvalue weighted by Crippen LogP contribution is 2.32. The summed E-state index contributed by atoms with van der Waals surface area (Å²) in [6.45, 7) is 0. The number of benzene rings is 1. The second-order valence-corrected chi connectivity index (χ2v) is 6.91. The van der Waals surface area contributed by atoms with E-state index in [2.05, 4.69) is 53.2 Å². The first-order valence-electron chi connectivity index (χ1n) is 7.95. The maximum atomic E-state index is 6.44. The predicted molar refractivity (Wildman–Crippen MR) is 102 cm³/mol. The largest absolute Gasteiger partial charge is 0.221 e. The minimum atomic E-state index is 0.648. The van der Waals surface area contributed by atoms with Crippen molar-refractivity contribution in [1.29, 1.82) is 0 Å². The summed E-state index contributed by atoms with van der Waals surface area (Å²) in [4.78, 5) is 4.48. The van der Waals surface area contributed by atoms with Crippen molar-refractivity contribution >= 4 is 28.5 Å². The van der Waals surface area contributed by atoms with Gasteiger partial charge in [0.25, 0.3) is 0 Å². The molecule has 2 aliphatic rings. The quantitative estimate of drug-likeness (QED) is 0.482. The molecule has 0 N–H and O–H groups in total. The first-order chi connectivity index (χ1) is 11.3. The smallest absolute Gasteiger partial charge is 0.140 e. The van der Waals surface area contributed by atoms with E-state index in [0.717, 1.165) is 37.1 Å². The van der Waals surface area contributed by atoms with Crippen LogP contribution in [-0.2, 0) is 6.42 Å². The van der Waals surface area contributed by atoms with Crippen molar-refractivity contribution < 1.29 is 0 Å². The van der Waals surface area contributed by atoms with Gasteiger partial charge < -0.3 is 0 Å². The van der Waals surface area contributed by atoms with Gasteiger partial charge in [-0.05, 0) is 61.1 Å². The molecule has 0 bridgehead atoms. The Bertz CT molecular complexity index is 734. The molecule has 0 fully saturated rings. The van der Waals surface area contributed by atoms with E-state index in [-0.39, 0.29) is 0 Å². The Morgan fingerprint density at radius 3 is 2.74 bits per heavy atom. The van der Waals surface area contributed by atoms with E-state index >= 15 is 0 Å². The Morgan fingerprint density at radius 2 is 1.96 bits per heavy atom. The fourth-order valence-electron chi connectivity index (χ4n) is 2.93. The van der Waals surface area contributed by atoms with Crippen molar-refractivity contribution in [2.24, 2.45) is 4.99 Å². The van der Waals surface area contributed by atoms with Gasteiger partial charge in [0.2, 0.25) is 0 Å². The Labute approximate surface area is 147 Å². The lowest BCUT2D eigenvalue weighted by Crippen LogP contribution is -1.97. The summed E-state index contributed by atoms with van der Waals surface area (Å²) in [7, 11) is 0. The maximum absolute atomic E-state index is 6.44. The van der Waals surface area contributed by atoms with Gasteiger partial charge in [-0.1, -0.05) is 59.3 Å². The molecule has 1 aliphatic heterocycles. The molecule has 1 heterocycles. The third kappa shape index (κ3) is 4.29. The zero-order chi connectivity index (χ0) is 16.1. The number of hydrogen-bond donors (Lipinski definition) is 0. The van der Waals surface area contributed by atoms with Crippen LogP contribution in [0.2, 0.25) is 0 Å². The average molecular weight is 342 g/mol. The zero-order valence-electron chi connectivity index (χ0n) is 13.3. The number of thioether (sulfide) groups is 1. The van der Waals surface area contributed by atoms with Crippen LogP contribution in [0.5, 0.6) is 0 Å². The lowest BCUT2D eigenvalue weighted by Gasteiger charge is -2.05. The van der Waals surface area contributed by atoms with Crippen LogP contribution < -0.4 is 0 Å². The Kier molecular flexibility index (Phi) is 5.61. The van der Waals surface area contributed by atoms with Gasteiger partial charge in [-0.15, -0.1) is 11.8 Å². The summed E-state index contributed by atoms with van der Waals surface area (Å²) >= 11 is 8.02. The van der Waals surface area contributed by atoms with Crippen molar-refractivity contribution in [2.45, 2.75) is 32.1 Å². The van der Waals surface area contributed by atoms with Crippen LogP contribution in [0.4, 0.5) is 0 Å². The van der Waals surface area contributed by atoms with Gasteiger partial charge in [0.1, 0.15) is 10.2 Å². The molecule has 0 radical (unpaired) electrons. The second kappa shape index (κ2) is 7.88. The molecule has 118 valence electrons. The number of halogens is 1. The van der Waals surface area contributed by atoms with E-state index in [1.165, 1.54) is 22.3 Å². The third-order valence-corrected chi connectivity index (χ3v) is 5.19. The van der Waals surface area contributed by atoms with Gasteiger partial charge >= 0.3 is 0 Å². The maximum Gasteiger partial charge on any atom is 0.140 e. The van der Waals surface area contributed by atoms with Crippen molar-refractivity contribution in [3.05, 3.63) is 75.5 Å². The lowest BCUT2D eigenvalue weighted by molar-refractivity contribution is 0.878. The molecule has 23 heavy (non-hydrogen) atoms. The first-order valence-corrected chi connectivity index (χ1v) is 9.55. The summed E-state index contributed by atoms with van der Waals surface area (Å²) in [5.74, 6) is 0. The number of rotatable bonds is 3. The minimum Gasteiger partial charge on any atom is -0.221 e. The fourth-order valence-corrected chi connectivity index (χ4v) is 3.64. The van der Waals surface area contributed by atoms with Gasteiger partial charge in [0, 0.05) is 0 Å². The molecule has 0 aromatic heterocycles. The van der Waals surface area contributed by atoms with Crippen molar-refractivity contribution in [1.82, 2.24) is 0 Å². The lowest BCUT2D eigenvalue weighted by atomic mass is 10.0. The van der Waals surface area contributed by atoms with Crippen LogP contribution in [0.15, 0.2) is 75.0 Å².